The van der Waals surface area contributed by atoms with Crippen LogP contribution in [0, 0.1) is 0 Å². The van der Waals surface area contributed by atoms with E-state index in [2.05, 4.69) is 0 Å². The lowest BCUT2D eigenvalue weighted by molar-refractivity contribution is -0.121. The van der Waals surface area contributed by atoms with Gasteiger partial charge in [0.05, 0.1) is 0 Å². The van der Waals surface area contributed by atoms with E-state index in [0.717, 1.165) is 12.1 Å². The number of anilines is 1. The van der Waals surface area contributed by atoms with Crippen molar-refractivity contribution in [3.8, 4) is 0 Å². The van der Waals surface area contributed by atoms with Crippen LogP contribution in [0.25, 0.3) is 0 Å². The van der Waals surface area contributed by atoms with Crippen molar-refractivity contribution in [3.05, 3.63) is 66.2 Å². The number of aliphatic hydroxyl groups excluding tert-OH is 1. The lowest BCUT2D eigenvalue weighted by Gasteiger charge is -2.22. The Hall–Kier alpha value is -2.13. The molecule has 0 bridgehead atoms. The molecule has 1 amide bonds. The van der Waals surface area contributed by atoms with Gasteiger partial charge in [-0.05, 0) is 24.1 Å². The third-order valence-electron chi connectivity index (χ3n) is 2.97. The molecule has 0 aromatic heterocycles. The lowest BCUT2D eigenvalue weighted by Crippen LogP contribution is -2.34. The average molecular weight is 255 g/mol. The number of para-hydroxylation sites is 1. The first-order chi connectivity index (χ1) is 9.31. The van der Waals surface area contributed by atoms with Crippen LogP contribution in [-0.4, -0.2) is 24.2 Å². The van der Waals surface area contributed by atoms with Crippen LogP contribution >= 0.6 is 0 Å². The standard InChI is InChI=1S/C16H17NO2/c18-13-16(19)17(15-9-5-2-6-10-15)12-11-14-7-3-1-4-8-14/h1-10,18H,11-13H2. The number of aliphatic hydroxyl groups is 1. The van der Waals surface area contributed by atoms with Gasteiger partial charge >= 0.3 is 0 Å². The molecule has 2 rings (SSSR count). The van der Waals surface area contributed by atoms with Crippen LogP contribution in [0.15, 0.2) is 60.7 Å². The van der Waals surface area contributed by atoms with E-state index in [1.54, 1.807) is 4.90 Å². The smallest absolute Gasteiger partial charge is 0.252 e. The molecule has 19 heavy (non-hydrogen) atoms. The summed E-state index contributed by atoms with van der Waals surface area (Å²) in [5, 5.41) is 9.07. The summed E-state index contributed by atoms with van der Waals surface area (Å²) in [6.45, 7) is 0.0943. The van der Waals surface area contributed by atoms with Gasteiger partial charge in [0.1, 0.15) is 6.61 Å². The summed E-state index contributed by atoms with van der Waals surface area (Å²) in [7, 11) is 0. The minimum absolute atomic E-state index is 0.276. The molecule has 0 saturated carbocycles. The van der Waals surface area contributed by atoms with Crippen LogP contribution in [0.2, 0.25) is 0 Å². The molecule has 0 spiro atoms. The van der Waals surface area contributed by atoms with Gasteiger partial charge in [0, 0.05) is 12.2 Å². The predicted octanol–water partition coefficient (Wildman–Crippen LogP) is 2.25. The molecule has 0 aliphatic carbocycles. The topological polar surface area (TPSA) is 40.5 Å². The Labute approximate surface area is 113 Å². The fourth-order valence-electron chi connectivity index (χ4n) is 1.98. The molecule has 0 unspecified atom stereocenters. The first-order valence-electron chi connectivity index (χ1n) is 6.31. The third-order valence-corrected chi connectivity index (χ3v) is 2.97. The SMILES string of the molecule is O=C(CO)N(CCc1ccccc1)c1ccccc1. The Morgan fingerprint density at radius 3 is 2.11 bits per heavy atom. The molecular formula is C16H17NO2. The summed E-state index contributed by atoms with van der Waals surface area (Å²) < 4.78 is 0. The van der Waals surface area contributed by atoms with Crippen LogP contribution in [-0.2, 0) is 11.2 Å². The van der Waals surface area contributed by atoms with E-state index in [1.165, 1.54) is 5.56 Å². The molecule has 0 heterocycles. The second-order valence-corrected chi connectivity index (χ2v) is 4.27. The number of amides is 1. The maximum atomic E-state index is 11.8. The average Bonchev–Trinajstić information content (AvgIpc) is 2.49. The number of hydrogen-bond donors (Lipinski definition) is 1. The molecule has 0 aliphatic rings. The minimum atomic E-state index is -0.469. The highest BCUT2D eigenvalue weighted by Gasteiger charge is 2.13. The van der Waals surface area contributed by atoms with Crippen molar-refractivity contribution < 1.29 is 9.90 Å². The van der Waals surface area contributed by atoms with Gasteiger partial charge in [-0.15, -0.1) is 0 Å². The normalized spacial score (nSPS) is 10.2. The van der Waals surface area contributed by atoms with E-state index in [4.69, 9.17) is 5.11 Å². The number of carbonyl (C=O) groups excluding carboxylic acids is 1. The highest BCUT2D eigenvalue weighted by atomic mass is 16.3. The van der Waals surface area contributed by atoms with Crippen LogP contribution < -0.4 is 4.90 Å². The molecular weight excluding hydrogens is 238 g/mol. The highest BCUT2D eigenvalue weighted by Crippen LogP contribution is 2.14. The molecule has 3 heteroatoms. The summed E-state index contributed by atoms with van der Waals surface area (Å²) >= 11 is 0. The van der Waals surface area contributed by atoms with Crippen LogP contribution in [0.1, 0.15) is 5.56 Å². The monoisotopic (exact) mass is 255 g/mol. The highest BCUT2D eigenvalue weighted by molar-refractivity contribution is 5.94. The van der Waals surface area contributed by atoms with E-state index in [1.807, 2.05) is 60.7 Å². The molecule has 0 fully saturated rings. The Balaban J connectivity index is 2.09. The molecule has 2 aromatic carbocycles. The number of nitrogens with zero attached hydrogens (tertiary/aromatic N) is 1. The summed E-state index contributed by atoms with van der Waals surface area (Å²) in [5.41, 5.74) is 1.99. The first-order valence-corrected chi connectivity index (χ1v) is 6.31. The Bertz CT molecular complexity index is 511. The van der Waals surface area contributed by atoms with Crippen molar-refractivity contribution in [2.75, 3.05) is 18.1 Å². The number of hydrogen-bond acceptors (Lipinski definition) is 2. The van der Waals surface area contributed by atoms with Gasteiger partial charge in [-0.2, -0.15) is 0 Å². The predicted molar refractivity (Wildman–Crippen MR) is 76.0 cm³/mol. The summed E-state index contributed by atoms with van der Waals surface area (Å²) in [5.74, 6) is -0.276. The van der Waals surface area contributed by atoms with Gasteiger partial charge in [-0.3, -0.25) is 4.79 Å². The summed E-state index contributed by atoms with van der Waals surface area (Å²) in [4.78, 5) is 13.4. The minimum Gasteiger partial charge on any atom is -0.387 e. The summed E-state index contributed by atoms with van der Waals surface area (Å²) in [6, 6.07) is 19.4. The van der Waals surface area contributed by atoms with Gasteiger partial charge in [0.2, 0.25) is 0 Å². The zero-order valence-electron chi connectivity index (χ0n) is 10.7. The third kappa shape index (κ3) is 3.66. The van der Waals surface area contributed by atoms with Gasteiger partial charge in [-0.25, -0.2) is 0 Å². The first kappa shape index (κ1) is 13.3. The summed E-state index contributed by atoms with van der Waals surface area (Å²) in [6.07, 6.45) is 0.765. The van der Waals surface area contributed by atoms with Crippen LogP contribution in [0.4, 0.5) is 5.69 Å². The number of rotatable bonds is 5. The molecule has 0 atom stereocenters. The molecule has 1 N–H and O–H groups in total. The zero-order valence-corrected chi connectivity index (χ0v) is 10.7. The van der Waals surface area contributed by atoms with E-state index in [-0.39, 0.29) is 5.91 Å². The second kappa shape index (κ2) is 6.71. The Kier molecular flexibility index (Phi) is 4.70. The zero-order chi connectivity index (χ0) is 13.5. The van der Waals surface area contributed by atoms with Crippen molar-refractivity contribution in [2.24, 2.45) is 0 Å². The molecule has 0 aliphatic heterocycles. The van der Waals surface area contributed by atoms with E-state index < -0.39 is 6.61 Å². The fourth-order valence-corrected chi connectivity index (χ4v) is 1.98. The molecule has 0 radical (unpaired) electrons. The van der Waals surface area contributed by atoms with E-state index in [9.17, 15) is 4.79 Å². The quantitative estimate of drug-likeness (QED) is 0.890. The van der Waals surface area contributed by atoms with Gasteiger partial charge in [-0.1, -0.05) is 48.5 Å². The molecule has 0 saturated heterocycles. The number of carbonyl (C=O) groups is 1. The van der Waals surface area contributed by atoms with E-state index in [0.29, 0.717) is 6.54 Å². The van der Waals surface area contributed by atoms with Gasteiger partial charge < -0.3 is 10.0 Å². The number of benzene rings is 2. The maximum absolute atomic E-state index is 11.8. The molecule has 3 nitrogen and oxygen atoms in total. The van der Waals surface area contributed by atoms with Crippen LogP contribution in [0.3, 0.4) is 0 Å². The molecule has 98 valence electrons. The largest absolute Gasteiger partial charge is 0.387 e. The van der Waals surface area contributed by atoms with E-state index >= 15 is 0 Å². The van der Waals surface area contributed by atoms with Gasteiger partial charge in [0.15, 0.2) is 0 Å². The van der Waals surface area contributed by atoms with Crippen molar-refractivity contribution in [1.29, 1.82) is 0 Å². The Morgan fingerprint density at radius 2 is 1.53 bits per heavy atom. The Morgan fingerprint density at radius 1 is 0.947 bits per heavy atom. The van der Waals surface area contributed by atoms with Crippen molar-refractivity contribution in [3.63, 3.8) is 0 Å². The molecule has 2 aromatic rings. The second-order valence-electron chi connectivity index (χ2n) is 4.27. The maximum Gasteiger partial charge on any atom is 0.252 e. The van der Waals surface area contributed by atoms with Crippen LogP contribution in [0.5, 0.6) is 0 Å². The van der Waals surface area contributed by atoms with Gasteiger partial charge in [0.25, 0.3) is 5.91 Å². The van der Waals surface area contributed by atoms with Crippen molar-refractivity contribution >= 4 is 11.6 Å². The fraction of sp³-hybridized carbons (Fsp3) is 0.188. The lowest BCUT2D eigenvalue weighted by atomic mass is 10.1. The van der Waals surface area contributed by atoms with Crippen molar-refractivity contribution in [2.45, 2.75) is 6.42 Å². The van der Waals surface area contributed by atoms with Crippen molar-refractivity contribution in [1.82, 2.24) is 0 Å².